The molecule has 1 heterocycles. The lowest BCUT2D eigenvalue weighted by Crippen LogP contribution is -2.05. The topological polar surface area (TPSA) is 72.2 Å². The quantitative estimate of drug-likeness (QED) is 0.787. The molecule has 0 radical (unpaired) electrons. The minimum absolute atomic E-state index is 0.452. The highest BCUT2D eigenvalue weighted by Crippen LogP contribution is 2.13. The number of anilines is 1. The summed E-state index contributed by atoms with van der Waals surface area (Å²) in [5.41, 5.74) is 1.20. The van der Waals surface area contributed by atoms with Crippen LogP contribution in [-0.2, 0) is 13.0 Å². The molecule has 1 aromatic carbocycles. The third-order valence-corrected chi connectivity index (χ3v) is 2.62. The Morgan fingerprint density at radius 1 is 1.32 bits per heavy atom. The van der Waals surface area contributed by atoms with E-state index in [-0.39, 0.29) is 0 Å². The van der Waals surface area contributed by atoms with Crippen molar-refractivity contribution in [2.75, 3.05) is 26.0 Å². The molecule has 2 rings (SSSR count). The minimum Gasteiger partial charge on any atom is -0.497 e. The van der Waals surface area contributed by atoms with Crippen LogP contribution in [0.25, 0.3) is 0 Å². The molecule has 0 aliphatic rings. The van der Waals surface area contributed by atoms with Crippen LogP contribution < -0.4 is 15.4 Å². The van der Waals surface area contributed by atoms with E-state index in [1.807, 2.05) is 25.2 Å². The van der Waals surface area contributed by atoms with Gasteiger partial charge in [0.25, 0.3) is 0 Å². The zero-order chi connectivity index (χ0) is 13.5. The van der Waals surface area contributed by atoms with Gasteiger partial charge in [0.2, 0.25) is 5.89 Å². The molecule has 0 atom stereocenters. The van der Waals surface area contributed by atoms with Gasteiger partial charge in [-0.05, 0) is 31.2 Å². The van der Waals surface area contributed by atoms with Crippen molar-refractivity contribution in [3.8, 4) is 5.75 Å². The summed E-state index contributed by atoms with van der Waals surface area (Å²) < 4.78 is 10.6. The van der Waals surface area contributed by atoms with Crippen LogP contribution in [0.1, 0.15) is 11.5 Å². The number of nitrogens with one attached hydrogen (secondary N) is 2. The van der Waals surface area contributed by atoms with Crippen LogP contribution >= 0.6 is 0 Å². The van der Waals surface area contributed by atoms with E-state index in [9.17, 15) is 0 Å². The van der Waals surface area contributed by atoms with Crippen molar-refractivity contribution < 1.29 is 9.15 Å². The number of aromatic nitrogens is 2. The van der Waals surface area contributed by atoms with E-state index in [4.69, 9.17) is 9.15 Å². The Labute approximate surface area is 112 Å². The summed E-state index contributed by atoms with van der Waals surface area (Å²) in [5.74, 6) is 1.44. The number of methoxy groups -OCH3 is 1. The van der Waals surface area contributed by atoms with Crippen LogP contribution in [0.15, 0.2) is 28.7 Å². The van der Waals surface area contributed by atoms with Gasteiger partial charge in [0.1, 0.15) is 5.75 Å². The summed E-state index contributed by atoms with van der Waals surface area (Å²) in [6.45, 7) is 1.30. The largest absolute Gasteiger partial charge is 0.497 e. The molecule has 0 fully saturated rings. The molecule has 0 aliphatic carbocycles. The summed E-state index contributed by atoms with van der Waals surface area (Å²) in [6, 6.07) is 8.44. The molecule has 0 saturated heterocycles. The van der Waals surface area contributed by atoms with E-state index >= 15 is 0 Å². The molecule has 102 valence electrons. The molecule has 2 N–H and O–H groups in total. The third kappa shape index (κ3) is 3.96. The fraction of sp³-hybridized carbons (Fsp3) is 0.385. The van der Waals surface area contributed by atoms with E-state index in [1.54, 1.807) is 7.11 Å². The predicted octanol–water partition coefficient (Wildman–Crippen LogP) is 1.45. The molecular weight excluding hydrogens is 244 g/mol. The van der Waals surface area contributed by atoms with Gasteiger partial charge in [-0.1, -0.05) is 17.2 Å². The summed E-state index contributed by atoms with van der Waals surface area (Å²) in [4.78, 5) is 0. The molecule has 1 aromatic heterocycles. The molecule has 0 amide bonds. The first-order chi connectivity index (χ1) is 9.31. The molecular formula is C13H18N4O2. The van der Waals surface area contributed by atoms with Crippen molar-refractivity contribution in [1.29, 1.82) is 0 Å². The van der Waals surface area contributed by atoms with Crippen molar-refractivity contribution in [2.45, 2.75) is 13.0 Å². The maximum atomic E-state index is 5.39. The standard InChI is InChI=1S/C13H18N4O2/c1-14-9-12-16-17-13(19-12)15-7-6-10-4-3-5-11(8-10)18-2/h3-5,8,14H,6-7,9H2,1-2H3,(H,15,17). The second kappa shape index (κ2) is 6.75. The lowest BCUT2D eigenvalue weighted by molar-refractivity contribution is 0.414. The van der Waals surface area contributed by atoms with Gasteiger partial charge in [-0.25, -0.2) is 0 Å². The van der Waals surface area contributed by atoms with E-state index in [1.165, 1.54) is 5.56 Å². The number of ether oxygens (including phenoxy) is 1. The second-order valence-electron chi connectivity index (χ2n) is 4.06. The molecule has 0 aliphatic heterocycles. The molecule has 19 heavy (non-hydrogen) atoms. The first kappa shape index (κ1) is 13.4. The van der Waals surface area contributed by atoms with Crippen LogP contribution in [0.5, 0.6) is 5.75 Å². The Hall–Kier alpha value is -2.08. The number of nitrogens with zero attached hydrogens (tertiary/aromatic N) is 2. The molecule has 2 aromatic rings. The van der Waals surface area contributed by atoms with Gasteiger partial charge in [0, 0.05) is 6.54 Å². The summed E-state index contributed by atoms with van der Waals surface area (Å²) in [7, 11) is 3.50. The van der Waals surface area contributed by atoms with Crippen LogP contribution in [0.3, 0.4) is 0 Å². The fourth-order valence-electron chi connectivity index (χ4n) is 1.69. The fourth-order valence-corrected chi connectivity index (χ4v) is 1.69. The number of rotatable bonds is 7. The van der Waals surface area contributed by atoms with Crippen LogP contribution in [-0.4, -0.2) is 30.9 Å². The first-order valence-corrected chi connectivity index (χ1v) is 6.15. The normalized spacial score (nSPS) is 10.4. The zero-order valence-corrected chi connectivity index (χ0v) is 11.1. The van der Waals surface area contributed by atoms with Crippen molar-refractivity contribution >= 4 is 6.01 Å². The van der Waals surface area contributed by atoms with Crippen molar-refractivity contribution in [3.05, 3.63) is 35.7 Å². The average molecular weight is 262 g/mol. The average Bonchev–Trinajstić information content (AvgIpc) is 2.87. The van der Waals surface area contributed by atoms with Gasteiger partial charge in [-0.3, -0.25) is 0 Å². The number of hydrogen-bond donors (Lipinski definition) is 2. The Kier molecular flexibility index (Phi) is 4.74. The second-order valence-corrected chi connectivity index (χ2v) is 4.06. The highest BCUT2D eigenvalue weighted by atomic mass is 16.5. The van der Waals surface area contributed by atoms with E-state index < -0.39 is 0 Å². The van der Waals surface area contributed by atoms with Crippen molar-refractivity contribution in [2.24, 2.45) is 0 Å². The Morgan fingerprint density at radius 2 is 2.21 bits per heavy atom. The Morgan fingerprint density at radius 3 is 3.00 bits per heavy atom. The molecule has 0 unspecified atom stereocenters. The van der Waals surface area contributed by atoms with E-state index in [2.05, 4.69) is 26.9 Å². The van der Waals surface area contributed by atoms with Crippen LogP contribution in [0.2, 0.25) is 0 Å². The SMILES string of the molecule is CNCc1nnc(NCCc2cccc(OC)c2)o1. The lowest BCUT2D eigenvalue weighted by atomic mass is 10.1. The minimum atomic E-state index is 0.452. The van der Waals surface area contributed by atoms with Gasteiger partial charge < -0.3 is 19.8 Å². The Balaban J connectivity index is 1.81. The third-order valence-electron chi connectivity index (χ3n) is 2.62. The summed E-state index contributed by atoms with van der Waals surface area (Å²) in [5, 5.41) is 13.9. The van der Waals surface area contributed by atoms with E-state index in [0.29, 0.717) is 18.5 Å². The molecule has 6 nitrogen and oxygen atoms in total. The predicted molar refractivity (Wildman–Crippen MR) is 72.2 cm³/mol. The Bertz CT molecular complexity index is 513. The first-order valence-electron chi connectivity index (χ1n) is 6.15. The monoisotopic (exact) mass is 262 g/mol. The van der Waals surface area contributed by atoms with Crippen LogP contribution in [0, 0.1) is 0 Å². The van der Waals surface area contributed by atoms with Crippen molar-refractivity contribution in [1.82, 2.24) is 15.5 Å². The van der Waals surface area contributed by atoms with E-state index in [0.717, 1.165) is 18.7 Å². The van der Waals surface area contributed by atoms with Gasteiger partial charge in [0.15, 0.2) is 0 Å². The van der Waals surface area contributed by atoms with Crippen molar-refractivity contribution in [3.63, 3.8) is 0 Å². The molecule has 6 heteroatoms. The lowest BCUT2D eigenvalue weighted by Gasteiger charge is -2.04. The maximum Gasteiger partial charge on any atom is 0.315 e. The van der Waals surface area contributed by atoms with Gasteiger partial charge in [-0.2, -0.15) is 0 Å². The molecule has 0 spiro atoms. The van der Waals surface area contributed by atoms with Gasteiger partial charge in [-0.15, -0.1) is 5.10 Å². The summed E-state index contributed by atoms with van der Waals surface area (Å²) in [6.07, 6.45) is 0.862. The van der Waals surface area contributed by atoms with Gasteiger partial charge in [0.05, 0.1) is 13.7 Å². The van der Waals surface area contributed by atoms with Crippen LogP contribution in [0.4, 0.5) is 6.01 Å². The zero-order valence-electron chi connectivity index (χ0n) is 11.1. The smallest absolute Gasteiger partial charge is 0.315 e. The highest BCUT2D eigenvalue weighted by Gasteiger charge is 2.04. The highest BCUT2D eigenvalue weighted by molar-refractivity contribution is 5.29. The molecule has 0 bridgehead atoms. The maximum absolute atomic E-state index is 5.39. The number of benzene rings is 1. The number of hydrogen-bond acceptors (Lipinski definition) is 6. The summed E-state index contributed by atoms with van der Waals surface area (Å²) >= 11 is 0. The molecule has 0 saturated carbocycles. The van der Waals surface area contributed by atoms with Gasteiger partial charge >= 0.3 is 6.01 Å².